The summed E-state index contributed by atoms with van der Waals surface area (Å²) in [6.45, 7) is 0. The summed E-state index contributed by atoms with van der Waals surface area (Å²) in [5, 5.41) is 14.0. The van der Waals surface area contributed by atoms with Gasteiger partial charge in [-0.3, -0.25) is 5.10 Å². The summed E-state index contributed by atoms with van der Waals surface area (Å²) < 4.78 is 58.4. The van der Waals surface area contributed by atoms with Gasteiger partial charge in [-0.1, -0.05) is 6.08 Å². The van der Waals surface area contributed by atoms with Crippen molar-refractivity contribution in [2.75, 3.05) is 5.75 Å². The minimum Gasteiger partial charge on any atom is -0.267 e. The monoisotopic (exact) mass is 265 g/mol. The van der Waals surface area contributed by atoms with Crippen molar-refractivity contribution in [1.29, 1.82) is 5.26 Å². The molecule has 0 atom stereocenters. The Kier molecular flexibility index (Phi) is 3.57. The number of sulfone groups is 1. The lowest BCUT2D eigenvalue weighted by Crippen LogP contribution is -2.07. The van der Waals surface area contributed by atoms with Gasteiger partial charge in [-0.25, -0.2) is 8.42 Å². The molecule has 0 aliphatic carbocycles. The molecule has 1 aromatic heterocycles. The lowest BCUT2D eigenvalue weighted by Gasteiger charge is -1.99. The van der Waals surface area contributed by atoms with E-state index in [4.69, 9.17) is 5.26 Å². The number of nitriles is 1. The Morgan fingerprint density at radius 3 is 2.71 bits per heavy atom. The molecule has 17 heavy (non-hydrogen) atoms. The van der Waals surface area contributed by atoms with E-state index in [-0.39, 0.29) is 11.8 Å². The Morgan fingerprint density at radius 2 is 2.18 bits per heavy atom. The van der Waals surface area contributed by atoms with Gasteiger partial charge < -0.3 is 0 Å². The van der Waals surface area contributed by atoms with Crippen LogP contribution >= 0.6 is 0 Å². The summed E-state index contributed by atoms with van der Waals surface area (Å²) >= 11 is 0. The maximum absolute atomic E-state index is 11.8. The van der Waals surface area contributed by atoms with Crippen molar-refractivity contribution >= 4 is 9.84 Å². The molecule has 0 radical (unpaired) electrons. The van der Waals surface area contributed by atoms with Gasteiger partial charge in [-0.15, -0.1) is 0 Å². The molecule has 0 aliphatic heterocycles. The van der Waals surface area contributed by atoms with Crippen molar-refractivity contribution in [3.8, 4) is 6.07 Å². The molecule has 5 nitrogen and oxygen atoms in total. The second-order valence-corrected chi connectivity index (χ2v) is 4.95. The molecule has 0 saturated heterocycles. The van der Waals surface area contributed by atoms with E-state index in [1.54, 1.807) is 6.07 Å². The standard InChI is InChI=1S/C8H6F3N3O2S/c9-8(10,11)2-1-3-17(15,16)7-5-13-14-6(7)4-12/h1-2,5H,3H2,(H,13,14). The Labute approximate surface area is 94.5 Å². The van der Waals surface area contributed by atoms with Crippen molar-refractivity contribution in [2.45, 2.75) is 11.1 Å². The smallest absolute Gasteiger partial charge is 0.267 e. The highest BCUT2D eigenvalue weighted by Crippen LogP contribution is 2.18. The fourth-order valence-corrected chi connectivity index (χ4v) is 2.13. The fourth-order valence-electron chi connectivity index (χ4n) is 0.989. The number of aromatic nitrogens is 2. The number of aromatic amines is 1. The van der Waals surface area contributed by atoms with Gasteiger partial charge in [-0.05, 0) is 0 Å². The first-order valence-electron chi connectivity index (χ1n) is 4.17. The number of hydrogen-bond donors (Lipinski definition) is 1. The van der Waals surface area contributed by atoms with E-state index < -0.39 is 26.7 Å². The molecule has 0 saturated carbocycles. The van der Waals surface area contributed by atoms with E-state index >= 15 is 0 Å². The third-order valence-corrected chi connectivity index (χ3v) is 3.28. The quantitative estimate of drug-likeness (QED) is 0.831. The summed E-state index contributed by atoms with van der Waals surface area (Å²) in [5.74, 6) is -0.847. The van der Waals surface area contributed by atoms with Crippen molar-refractivity contribution < 1.29 is 21.6 Å². The van der Waals surface area contributed by atoms with E-state index in [0.29, 0.717) is 6.08 Å². The molecular weight excluding hydrogens is 259 g/mol. The van der Waals surface area contributed by atoms with Crippen LogP contribution in [0.25, 0.3) is 0 Å². The van der Waals surface area contributed by atoms with Crippen LogP contribution in [0.4, 0.5) is 13.2 Å². The first-order valence-corrected chi connectivity index (χ1v) is 5.82. The van der Waals surface area contributed by atoms with Gasteiger partial charge in [0.1, 0.15) is 11.0 Å². The SMILES string of the molecule is N#Cc1[nH]ncc1S(=O)(=O)CC=CC(F)(F)F. The molecule has 0 amide bonds. The summed E-state index contributed by atoms with van der Waals surface area (Å²) in [7, 11) is -3.99. The first kappa shape index (κ1) is 13.2. The molecule has 9 heteroatoms. The second-order valence-electron chi connectivity index (χ2n) is 2.95. The number of H-pyrrole nitrogens is 1. The van der Waals surface area contributed by atoms with Crippen molar-refractivity contribution in [2.24, 2.45) is 0 Å². The normalized spacial score (nSPS) is 12.8. The minimum absolute atomic E-state index is 0.170. The molecule has 0 spiro atoms. The number of rotatable bonds is 3. The minimum atomic E-state index is -4.57. The highest BCUT2D eigenvalue weighted by atomic mass is 32.2. The fraction of sp³-hybridized carbons (Fsp3) is 0.250. The molecule has 1 rings (SSSR count). The third-order valence-electron chi connectivity index (χ3n) is 1.67. The number of hydrogen-bond acceptors (Lipinski definition) is 4. The van der Waals surface area contributed by atoms with Crippen molar-refractivity contribution in [3.63, 3.8) is 0 Å². The number of allylic oxidation sites excluding steroid dienone is 1. The van der Waals surface area contributed by atoms with Gasteiger partial charge in [0, 0.05) is 6.08 Å². The van der Waals surface area contributed by atoms with E-state index in [9.17, 15) is 21.6 Å². The van der Waals surface area contributed by atoms with Crippen LogP contribution in [0.1, 0.15) is 5.69 Å². The number of nitrogens with one attached hydrogen (secondary N) is 1. The summed E-state index contributed by atoms with van der Waals surface area (Å²) in [5.41, 5.74) is -0.301. The van der Waals surface area contributed by atoms with Gasteiger partial charge in [0.2, 0.25) is 0 Å². The van der Waals surface area contributed by atoms with Gasteiger partial charge in [0.25, 0.3) is 0 Å². The summed E-state index contributed by atoms with van der Waals surface area (Å²) in [6, 6.07) is 1.54. The molecule has 92 valence electrons. The van der Waals surface area contributed by atoms with Crippen LogP contribution < -0.4 is 0 Å². The van der Waals surface area contributed by atoms with Gasteiger partial charge >= 0.3 is 6.18 Å². The van der Waals surface area contributed by atoms with Crippen LogP contribution in [0.2, 0.25) is 0 Å². The Hall–Kier alpha value is -1.82. The number of nitrogens with zero attached hydrogens (tertiary/aromatic N) is 2. The van der Waals surface area contributed by atoms with E-state index in [1.807, 2.05) is 0 Å². The van der Waals surface area contributed by atoms with Crippen LogP contribution in [0.15, 0.2) is 23.2 Å². The largest absolute Gasteiger partial charge is 0.409 e. The zero-order valence-electron chi connectivity index (χ0n) is 8.19. The zero-order chi connectivity index (χ0) is 13.1. The van der Waals surface area contributed by atoms with Crippen LogP contribution in [-0.2, 0) is 9.84 Å². The lowest BCUT2D eigenvalue weighted by atomic mass is 10.5. The Morgan fingerprint density at radius 1 is 1.53 bits per heavy atom. The molecule has 0 aliphatic rings. The molecular formula is C8H6F3N3O2S. The van der Waals surface area contributed by atoms with Gasteiger partial charge in [-0.2, -0.15) is 23.5 Å². The first-order chi connectivity index (χ1) is 7.76. The predicted molar refractivity (Wildman–Crippen MR) is 50.6 cm³/mol. The number of alkyl halides is 3. The molecule has 1 N–H and O–H groups in total. The van der Waals surface area contributed by atoms with Crippen LogP contribution in [-0.4, -0.2) is 30.5 Å². The maximum atomic E-state index is 11.8. The molecule has 0 aromatic carbocycles. The Bertz CT molecular complexity index is 566. The topological polar surface area (TPSA) is 86.6 Å². The molecule has 0 fully saturated rings. The van der Waals surface area contributed by atoms with E-state index in [2.05, 4.69) is 10.2 Å². The second kappa shape index (κ2) is 4.58. The van der Waals surface area contributed by atoms with Crippen LogP contribution in [0.5, 0.6) is 0 Å². The third kappa shape index (κ3) is 3.60. The average Bonchev–Trinajstić information content (AvgIpc) is 2.63. The lowest BCUT2D eigenvalue weighted by molar-refractivity contribution is -0.0799. The molecule has 0 bridgehead atoms. The van der Waals surface area contributed by atoms with Crippen molar-refractivity contribution in [1.82, 2.24) is 10.2 Å². The van der Waals surface area contributed by atoms with E-state index in [0.717, 1.165) is 6.20 Å². The Balaban J connectivity index is 2.92. The zero-order valence-corrected chi connectivity index (χ0v) is 9.01. The molecule has 1 aromatic rings. The average molecular weight is 265 g/mol. The summed E-state index contributed by atoms with van der Waals surface area (Å²) in [4.78, 5) is -0.410. The maximum Gasteiger partial charge on any atom is 0.409 e. The van der Waals surface area contributed by atoms with Gasteiger partial charge in [0.05, 0.1) is 11.9 Å². The van der Waals surface area contributed by atoms with Crippen molar-refractivity contribution in [3.05, 3.63) is 24.0 Å². The molecule has 0 unspecified atom stereocenters. The van der Waals surface area contributed by atoms with Gasteiger partial charge in [0.15, 0.2) is 15.5 Å². The van der Waals surface area contributed by atoms with Crippen LogP contribution in [0.3, 0.4) is 0 Å². The number of halogens is 3. The predicted octanol–water partition coefficient (Wildman–Crippen LogP) is 1.17. The van der Waals surface area contributed by atoms with Crippen LogP contribution in [0, 0.1) is 11.3 Å². The highest BCUT2D eigenvalue weighted by molar-refractivity contribution is 7.91. The molecule has 1 heterocycles. The van der Waals surface area contributed by atoms with E-state index in [1.165, 1.54) is 0 Å². The summed E-state index contributed by atoms with van der Waals surface area (Å²) in [6.07, 6.45) is -3.38. The highest BCUT2D eigenvalue weighted by Gasteiger charge is 2.24.